The Morgan fingerprint density at radius 3 is 1.60 bits per heavy atom. The maximum Gasteiger partial charge on any atom is 0.164 e. The monoisotopic (exact) mass is 679 g/mol. The van der Waals surface area contributed by atoms with Crippen molar-refractivity contribution in [1.82, 2.24) is 19.9 Å². The van der Waals surface area contributed by atoms with Crippen LogP contribution >= 0.6 is 0 Å². The van der Waals surface area contributed by atoms with Crippen LogP contribution in [0, 0.1) is 11.3 Å². The van der Waals surface area contributed by atoms with Crippen LogP contribution in [-0.4, -0.2) is 19.9 Å². The summed E-state index contributed by atoms with van der Waals surface area (Å²) >= 11 is 0. The summed E-state index contributed by atoms with van der Waals surface area (Å²) in [5.41, 5.74) is 14.1. The van der Waals surface area contributed by atoms with Crippen molar-refractivity contribution in [2.45, 2.75) is 19.3 Å². The minimum absolute atomic E-state index is 0.265. The predicted molar refractivity (Wildman–Crippen MR) is 213 cm³/mol. The molecule has 5 nitrogen and oxygen atoms in total. The standard InChI is InChI=1S/C48H33N5/c1-48(2)42-25-31(30-49)16-22-40(42)41-23-21-36(29-43(41)48)37-26-38(44-15-9-10-24-50-44)28-39(27-37)47-52-45(34-13-7-4-8-14-34)51-46(53-47)35-19-17-33(18-20-35)32-11-5-3-6-12-32/h3-29H,1-2H3. The fraction of sp³-hybridized carbons (Fsp3) is 0.0625. The average molecular weight is 680 g/mol. The number of pyridine rings is 1. The molecule has 250 valence electrons. The van der Waals surface area contributed by atoms with Crippen LogP contribution in [0.4, 0.5) is 0 Å². The smallest absolute Gasteiger partial charge is 0.164 e. The van der Waals surface area contributed by atoms with Gasteiger partial charge < -0.3 is 0 Å². The van der Waals surface area contributed by atoms with E-state index in [1.165, 1.54) is 22.3 Å². The van der Waals surface area contributed by atoms with Gasteiger partial charge in [-0.2, -0.15) is 5.26 Å². The second kappa shape index (κ2) is 12.9. The Morgan fingerprint density at radius 1 is 0.434 bits per heavy atom. The topological polar surface area (TPSA) is 75.3 Å². The summed E-state index contributed by atoms with van der Waals surface area (Å²) in [6.45, 7) is 4.48. The highest BCUT2D eigenvalue weighted by Crippen LogP contribution is 2.50. The highest BCUT2D eigenvalue weighted by molar-refractivity contribution is 5.86. The lowest BCUT2D eigenvalue weighted by Gasteiger charge is -2.22. The van der Waals surface area contributed by atoms with Gasteiger partial charge in [0.15, 0.2) is 17.5 Å². The van der Waals surface area contributed by atoms with Crippen molar-refractivity contribution in [3.63, 3.8) is 0 Å². The molecule has 1 aliphatic rings. The fourth-order valence-electron chi connectivity index (χ4n) is 7.38. The van der Waals surface area contributed by atoms with Crippen molar-refractivity contribution in [3.05, 3.63) is 181 Å². The Labute approximate surface area is 309 Å². The van der Waals surface area contributed by atoms with Crippen molar-refractivity contribution in [3.8, 4) is 84.9 Å². The lowest BCUT2D eigenvalue weighted by Crippen LogP contribution is -2.15. The SMILES string of the molecule is CC1(C)c2cc(C#N)ccc2-c2ccc(-c3cc(-c4ccccn4)cc(-c4nc(-c5ccccc5)nc(-c5ccc(-c6ccccc6)cc5)n4)c3)cc21. The third-order valence-electron chi connectivity index (χ3n) is 10.2. The summed E-state index contributed by atoms with van der Waals surface area (Å²) in [4.78, 5) is 19.9. The van der Waals surface area contributed by atoms with Gasteiger partial charge in [0.1, 0.15) is 0 Å². The van der Waals surface area contributed by atoms with Crippen molar-refractivity contribution < 1.29 is 0 Å². The van der Waals surface area contributed by atoms with Gasteiger partial charge in [0.25, 0.3) is 0 Å². The summed E-state index contributed by atoms with van der Waals surface area (Å²) in [6, 6.07) is 56.3. The molecule has 0 spiro atoms. The van der Waals surface area contributed by atoms with Crippen LogP contribution in [0.2, 0.25) is 0 Å². The molecule has 0 saturated carbocycles. The molecule has 0 saturated heterocycles. The Kier molecular flexibility index (Phi) is 7.79. The Balaban J connectivity index is 1.20. The molecule has 8 aromatic rings. The molecule has 53 heavy (non-hydrogen) atoms. The van der Waals surface area contributed by atoms with E-state index in [2.05, 4.69) is 111 Å². The molecule has 0 N–H and O–H groups in total. The highest BCUT2D eigenvalue weighted by Gasteiger charge is 2.36. The number of nitriles is 1. The van der Waals surface area contributed by atoms with E-state index in [1.54, 1.807) is 0 Å². The Hall–Kier alpha value is -7.03. The maximum atomic E-state index is 9.64. The number of hydrogen-bond acceptors (Lipinski definition) is 5. The molecule has 0 fully saturated rings. The van der Waals surface area contributed by atoms with E-state index in [0.717, 1.165) is 50.2 Å². The number of hydrogen-bond donors (Lipinski definition) is 0. The van der Waals surface area contributed by atoms with Gasteiger partial charge >= 0.3 is 0 Å². The van der Waals surface area contributed by atoms with Gasteiger partial charge in [-0.1, -0.05) is 123 Å². The van der Waals surface area contributed by atoms with Crippen LogP contribution in [0.3, 0.4) is 0 Å². The summed E-state index contributed by atoms with van der Waals surface area (Å²) < 4.78 is 0. The summed E-state index contributed by atoms with van der Waals surface area (Å²) in [5, 5.41) is 9.64. The van der Waals surface area contributed by atoms with Gasteiger partial charge in [-0.15, -0.1) is 0 Å². The molecular formula is C48H33N5. The number of nitrogens with zero attached hydrogens (tertiary/aromatic N) is 5. The zero-order valence-corrected chi connectivity index (χ0v) is 29.3. The van der Waals surface area contributed by atoms with E-state index in [-0.39, 0.29) is 5.41 Å². The van der Waals surface area contributed by atoms with Crippen molar-refractivity contribution >= 4 is 0 Å². The van der Waals surface area contributed by atoms with Gasteiger partial charge in [-0.05, 0) is 93.0 Å². The molecule has 5 heteroatoms. The summed E-state index contributed by atoms with van der Waals surface area (Å²) in [7, 11) is 0. The molecule has 2 aromatic heterocycles. The fourth-order valence-corrected chi connectivity index (χ4v) is 7.38. The molecule has 0 radical (unpaired) electrons. The first-order valence-electron chi connectivity index (χ1n) is 17.7. The van der Waals surface area contributed by atoms with Gasteiger partial charge in [0.2, 0.25) is 0 Å². The molecule has 0 unspecified atom stereocenters. The number of fused-ring (bicyclic) bond motifs is 3. The van der Waals surface area contributed by atoms with Crippen LogP contribution in [0.1, 0.15) is 30.5 Å². The zero-order valence-electron chi connectivity index (χ0n) is 29.3. The van der Waals surface area contributed by atoms with Crippen molar-refractivity contribution in [2.24, 2.45) is 0 Å². The lowest BCUT2D eigenvalue weighted by molar-refractivity contribution is 0.660. The molecule has 6 aromatic carbocycles. The molecule has 2 heterocycles. The van der Waals surface area contributed by atoms with Crippen LogP contribution in [0.15, 0.2) is 164 Å². The van der Waals surface area contributed by atoms with Crippen molar-refractivity contribution in [1.29, 1.82) is 5.26 Å². The quantitative estimate of drug-likeness (QED) is 0.175. The van der Waals surface area contributed by atoms with Gasteiger partial charge in [-0.25, -0.2) is 15.0 Å². The maximum absolute atomic E-state index is 9.64. The third kappa shape index (κ3) is 5.87. The van der Waals surface area contributed by atoms with Gasteiger partial charge in [0, 0.05) is 33.9 Å². The second-order valence-corrected chi connectivity index (χ2v) is 13.9. The van der Waals surface area contributed by atoms with E-state index < -0.39 is 0 Å². The van der Waals surface area contributed by atoms with E-state index >= 15 is 0 Å². The van der Waals surface area contributed by atoms with Crippen LogP contribution in [0.25, 0.3) is 78.8 Å². The predicted octanol–water partition coefficient (Wildman–Crippen LogP) is 11.4. The van der Waals surface area contributed by atoms with E-state index in [0.29, 0.717) is 23.0 Å². The number of aromatic nitrogens is 4. The first-order chi connectivity index (χ1) is 25.9. The van der Waals surface area contributed by atoms with Gasteiger partial charge in [-0.3, -0.25) is 4.98 Å². The van der Waals surface area contributed by atoms with Crippen molar-refractivity contribution in [2.75, 3.05) is 0 Å². The highest BCUT2D eigenvalue weighted by atomic mass is 15.0. The molecule has 0 bridgehead atoms. The third-order valence-corrected chi connectivity index (χ3v) is 10.2. The van der Waals surface area contributed by atoms with E-state index in [9.17, 15) is 5.26 Å². The Bertz CT molecular complexity index is 2680. The van der Waals surface area contributed by atoms with Crippen LogP contribution in [0.5, 0.6) is 0 Å². The largest absolute Gasteiger partial charge is 0.256 e. The minimum Gasteiger partial charge on any atom is -0.256 e. The Morgan fingerprint density at radius 2 is 0.943 bits per heavy atom. The minimum atomic E-state index is -0.265. The summed E-state index contributed by atoms with van der Waals surface area (Å²) in [6.07, 6.45) is 1.82. The van der Waals surface area contributed by atoms with Crippen LogP contribution in [-0.2, 0) is 5.41 Å². The molecule has 0 aliphatic heterocycles. The first kappa shape index (κ1) is 31.9. The van der Waals surface area contributed by atoms with Crippen LogP contribution < -0.4 is 0 Å². The molecule has 1 aliphatic carbocycles. The van der Waals surface area contributed by atoms with Gasteiger partial charge in [0.05, 0.1) is 17.3 Å². The first-order valence-corrected chi connectivity index (χ1v) is 17.7. The second-order valence-electron chi connectivity index (χ2n) is 13.9. The average Bonchev–Trinajstić information content (AvgIpc) is 3.46. The molecule has 0 amide bonds. The normalized spacial score (nSPS) is 12.5. The lowest BCUT2D eigenvalue weighted by atomic mass is 9.81. The number of rotatable bonds is 6. The summed E-state index contributed by atoms with van der Waals surface area (Å²) in [5.74, 6) is 1.79. The van der Waals surface area contributed by atoms with E-state index in [4.69, 9.17) is 19.9 Å². The van der Waals surface area contributed by atoms with E-state index in [1.807, 2.05) is 72.9 Å². The molecule has 9 rings (SSSR count). The molecule has 0 atom stereocenters. The molecular weight excluding hydrogens is 647 g/mol. The zero-order chi connectivity index (χ0) is 35.9. The number of benzene rings is 6.